The molecule has 0 bridgehead atoms. The van der Waals surface area contributed by atoms with Crippen LogP contribution in [0.1, 0.15) is 42.9 Å². The number of hydrogen-bond acceptors (Lipinski definition) is 2. The second-order valence-corrected chi connectivity index (χ2v) is 5.58. The van der Waals surface area contributed by atoms with Crippen LogP contribution in [0.3, 0.4) is 0 Å². The van der Waals surface area contributed by atoms with Gasteiger partial charge in [-0.1, -0.05) is 17.7 Å². The monoisotopic (exact) mass is 271 g/mol. The number of nitrogens with two attached hydrogens (primary N) is 1. The van der Waals surface area contributed by atoms with Crippen molar-refractivity contribution in [3.63, 3.8) is 0 Å². The van der Waals surface area contributed by atoms with E-state index in [0.29, 0.717) is 10.6 Å². The summed E-state index contributed by atoms with van der Waals surface area (Å²) in [5.41, 5.74) is 7.47. The Kier molecular flexibility index (Phi) is 3.95. The molecule has 100 valence electrons. The van der Waals surface area contributed by atoms with Crippen molar-refractivity contribution in [2.75, 3.05) is 7.11 Å². The zero-order valence-electron chi connectivity index (χ0n) is 10.8. The third-order valence-corrected chi connectivity index (χ3v) is 4.29. The molecule has 0 heterocycles. The fourth-order valence-corrected chi connectivity index (χ4v) is 2.83. The first-order chi connectivity index (χ1) is 8.47. The molecule has 0 amide bonds. The number of ether oxygens (including phenoxy) is 1. The summed E-state index contributed by atoms with van der Waals surface area (Å²) in [6, 6.07) is 2.87. The number of rotatable bonds is 4. The van der Waals surface area contributed by atoms with Crippen LogP contribution in [0.15, 0.2) is 12.1 Å². The molecule has 0 saturated heterocycles. The fraction of sp³-hybridized carbons (Fsp3) is 0.571. The largest absolute Gasteiger partial charge is 0.378 e. The zero-order valence-corrected chi connectivity index (χ0v) is 11.6. The Balaban J connectivity index is 2.18. The van der Waals surface area contributed by atoms with E-state index >= 15 is 0 Å². The summed E-state index contributed by atoms with van der Waals surface area (Å²) in [6.45, 7) is 1.72. The quantitative estimate of drug-likeness (QED) is 0.905. The first-order valence-corrected chi connectivity index (χ1v) is 6.61. The van der Waals surface area contributed by atoms with Gasteiger partial charge in [0.25, 0.3) is 0 Å². The Hall–Kier alpha value is -0.640. The Labute approximate surface area is 112 Å². The van der Waals surface area contributed by atoms with Crippen molar-refractivity contribution in [1.29, 1.82) is 0 Å². The summed E-state index contributed by atoms with van der Waals surface area (Å²) in [6.07, 6.45) is 3.98. The summed E-state index contributed by atoms with van der Waals surface area (Å²) in [5, 5.41) is 0.399. The Morgan fingerprint density at radius 2 is 2.17 bits per heavy atom. The van der Waals surface area contributed by atoms with Crippen molar-refractivity contribution >= 4 is 11.6 Å². The van der Waals surface area contributed by atoms with Gasteiger partial charge in [-0.15, -0.1) is 0 Å². The average Bonchev–Trinajstić information content (AvgIpc) is 2.28. The molecule has 1 fully saturated rings. The van der Waals surface area contributed by atoms with E-state index in [-0.39, 0.29) is 17.5 Å². The average molecular weight is 272 g/mol. The summed E-state index contributed by atoms with van der Waals surface area (Å²) in [5.74, 6) is -0.291. The molecule has 0 aromatic heterocycles. The van der Waals surface area contributed by atoms with E-state index in [9.17, 15) is 4.39 Å². The van der Waals surface area contributed by atoms with Crippen LogP contribution in [0.25, 0.3) is 0 Å². The SMILES string of the molecule is COC1(CC(N)c2cc(C)c(F)cc2Cl)CCC1. The minimum Gasteiger partial charge on any atom is -0.378 e. The van der Waals surface area contributed by atoms with Crippen molar-refractivity contribution in [3.05, 3.63) is 34.1 Å². The Bertz CT molecular complexity index is 440. The molecule has 0 aliphatic heterocycles. The number of hydrogen-bond donors (Lipinski definition) is 1. The highest BCUT2D eigenvalue weighted by molar-refractivity contribution is 6.31. The number of halogens is 2. The topological polar surface area (TPSA) is 35.2 Å². The number of methoxy groups -OCH3 is 1. The van der Waals surface area contributed by atoms with Crippen LogP contribution in [0.4, 0.5) is 4.39 Å². The predicted molar refractivity (Wildman–Crippen MR) is 71.3 cm³/mol. The lowest BCUT2D eigenvalue weighted by atomic mass is 9.75. The Morgan fingerprint density at radius 1 is 1.50 bits per heavy atom. The van der Waals surface area contributed by atoms with Gasteiger partial charge in [-0.05, 0) is 49.8 Å². The van der Waals surface area contributed by atoms with Crippen molar-refractivity contribution in [2.45, 2.75) is 44.2 Å². The molecule has 2 rings (SSSR count). The van der Waals surface area contributed by atoms with E-state index in [2.05, 4.69) is 0 Å². The molecular weight excluding hydrogens is 253 g/mol. The third kappa shape index (κ3) is 2.53. The van der Waals surface area contributed by atoms with Gasteiger partial charge in [0, 0.05) is 18.2 Å². The number of aryl methyl sites for hydroxylation is 1. The summed E-state index contributed by atoms with van der Waals surface area (Å²) in [4.78, 5) is 0. The zero-order chi connectivity index (χ0) is 13.3. The van der Waals surface area contributed by atoms with Crippen LogP contribution >= 0.6 is 11.6 Å². The van der Waals surface area contributed by atoms with Crippen molar-refractivity contribution < 1.29 is 9.13 Å². The lowest BCUT2D eigenvalue weighted by molar-refractivity contribution is -0.0816. The van der Waals surface area contributed by atoms with Gasteiger partial charge in [0.15, 0.2) is 0 Å². The molecule has 0 radical (unpaired) electrons. The molecule has 2 N–H and O–H groups in total. The van der Waals surface area contributed by atoms with E-state index in [1.807, 2.05) is 0 Å². The van der Waals surface area contributed by atoms with E-state index in [1.165, 1.54) is 12.5 Å². The van der Waals surface area contributed by atoms with Crippen LogP contribution < -0.4 is 5.73 Å². The molecule has 1 atom stereocenters. The van der Waals surface area contributed by atoms with Crippen LogP contribution in [0, 0.1) is 12.7 Å². The van der Waals surface area contributed by atoms with Gasteiger partial charge in [-0.2, -0.15) is 0 Å². The van der Waals surface area contributed by atoms with E-state index in [4.69, 9.17) is 22.1 Å². The molecule has 4 heteroatoms. The van der Waals surface area contributed by atoms with Gasteiger partial charge in [0.05, 0.1) is 5.60 Å². The molecule has 1 aromatic rings. The molecule has 1 saturated carbocycles. The second-order valence-electron chi connectivity index (χ2n) is 5.17. The maximum Gasteiger partial charge on any atom is 0.127 e. The predicted octanol–water partition coefficient (Wildman–Crippen LogP) is 3.75. The van der Waals surface area contributed by atoms with Gasteiger partial charge in [0.1, 0.15) is 5.82 Å². The van der Waals surface area contributed by atoms with Gasteiger partial charge >= 0.3 is 0 Å². The van der Waals surface area contributed by atoms with Gasteiger partial charge in [-0.3, -0.25) is 0 Å². The molecule has 1 unspecified atom stereocenters. The Morgan fingerprint density at radius 3 is 2.67 bits per heavy atom. The van der Waals surface area contributed by atoms with Crippen molar-refractivity contribution in [2.24, 2.45) is 5.73 Å². The minimum atomic E-state index is -0.291. The first-order valence-electron chi connectivity index (χ1n) is 6.24. The summed E-state index contributed by atoms with van der Waals surface area (Å²) < 4.78 is 18.9. The summed E-state index contributed by atoms with van der Waals surface area (Å²) in [7, 11) is 1.73. The standard InChI is InChI=1S/C14H19ClFNO/c1-9-6-10(11(15)7-12(9)16)13(17)8-14(18-2)4-3-5-14/h6-7,13H,3-5,8,17H2,1-2H3. The molecule has 18 heavy (non-hydrogen) atoms. The lowest BCUT2D eigenvalue weighted by Gasteiger charge is -2.42. The van der Waals surface area contributed by atoms with Crippen LogP contribution in [0.5, 0.6) is 0 Å². The van der Waals surface area contributed by atoms with Crippen molar-refractivity contribution in [1.82, 2.24) is 0 Å². The maximum absolute atomic E-state index is 13.4. The van der Waals surface area contributed by atoms with Crippen LogP contribution in [0.2, 0.25) is 5.02 Å². The number of benzene rings is 1. The van der Waals surface area contributed by atoms with Gasteiger partial charge < -0.3 is 10.5 Å². The highest BCUT2D eigenvalue weighted by Gasteiger charge is 2.38. The van der Waals surface area contributed by atoms with E-state index in [1.54, 1.807) is 20.1 Å². The third-order valence-electron chi connectivity index (χ3n) is 3.97. The fourth-order valence-electron chi connectivity index (χ4n) is 2.54. The smallest absolute Gasteiger partial charge is 0.127 e. The molecule has 2 nitrogen and oxygen atoms in total. The van der Waals surface area contributed by atoms with Gasteiger partial charge in [0.2, 0.25) is 0 Å². The second kappa shape index (κ2) is 5.16. The molecule has 1 aliphatic carbocycles. The normalized spacial score (nSPS) is 19.4. The van der Waals surface area contributed by atoms with Crippen LogP contribution in [-0.2, 0) is 4.74 Å². The lowest BCUT2D eigenvalue weighted by Crippen LogP contribution is -2.41. The molecular formula is C14H19ClFNO. The molecule has 1 aromatic carbocycles. The first kappa shape index (κ1) is 13.8. The molecule has 0 spiro atoms. The highest BCUT2D eigenvalue weighted by Crippen LogP contribution is 2.42. The maximum atomic E-state index is 13.4. The van der Waals surface area contributed by atoms with Crippen LogP contribution in [-0.4, -0.2) is 12.7 Å². The highest BCUT2D eigenvalue weighted by atomic mass is 35.5. The van der Waals surface area contributed by atoms with E-state index < -0.39 is 0 Å². The minimum absolute atomic E-state index is 0.106. The van der Waals surface area contributed by atoms with E-state index in [0.717, 1.165) is 24.8 Å². The summed E-state index contributed by atoms with van der Waals surface area (Å²) >= 11 is 6.07. The van der Waals surface area contributed by atoms with Gasteiger partial charge in [-0.25, -0.2) is 4.39 Å². The molecule has 1 aliphatic rings. The van der Waals surface area contributed by atoms with Crippen molar-refractivity contribution in [3.8, 4) is 0 Å².